The van der Waals surface area contributed by atoms with Crippen LogP contribution in [0.4, 0.5) is 8.78 Å². The lowest BCUT2D eigenvalue weighted by atomic mass is 9.77. The van der Waals surface area contributed by atoms with Crippen LogP contribution in [-0.4, -0.2) is 6.61 Å². The molecule has 0 spiro atoms. The van der Waals surface area contributed by atoms with Gasteiger partial charge in [0.05, 0.1) is 6.61 Å². The molecule has 0 heterocycles. The Morgan fingerprint density at radius 3 is 2.05 bits per heavy atom. The third-order valence-corrected chi connectivity index (χ3v) is 3.50. The molecule has 0 fully saturated rings. The molecule has 21 heavy (non-hydrogen) atoms. The Labute approximate surface area is 124 Å². The van der Waals surface area contributed by atoms with Crippen LogP contribution in [0.15, 0.2) is 48.5 Å². The van der Waals surface area contributed by atoms with Gasteiger partial charge in [0.25, 0.3) is 0 Å². The van der Waals surface area contributed by atoms with E-state index in [9.17, 15) is 8.78 Å². The highest BCUT2D eigenvalue weighted by atomic mass is 19.1. The molecule has 1 atom stereocenters. The maximum Gasteiger partial charge on any atom is 0.129 e. The van der Waals surface area contributed by atoms with Gasteiger partial charge in [-0.15, -0.1) is 0 Å². The maximum atomic E-state index is 13.2. The van der Waals surface area contributed by atoms with Gasteiger partial charge in [-0.2, -0.15) is 0 Å². The van der Waals surface area contributed by atoms with E-state index in [-0.39, 0.29) is 17.1 Å². The maximum absolute atomic E-state index is 13.2. The van der Waals surface area contributed by atoms with Crippen LogP contribution < -0.4 is 4.74 Å². The lowest BCUT2D eigenvalue weighted by Gasteiger charge is -2.31. The predicted octanol–water partition coefficient (Wildman–Crippen LogP) is 5.17. The van der Waals surface area contributed by atoms with E-state index in [4.69, 9.17) is 4.74 Å². The van der Waals surface area contributed by atoms with Crippen LogP contribution in [0.2, 0.25) is 0 Å². The van der Waals surface area contributed by atoms with Crippen LogP contribution in [0.25, 0.3) is 0 Å². The molecular formula is C18H20F2O. The Balaban J connectivity index is 2.17. The minimum atomic E-state index is -0.628. The Morgan fingerprint density at radius 2 is 1.52 bits per heavy atom. The van der Waals surface area contributed by atoms with E-state index in [0.29, 0.717) is 6.61 Å². The number of rotatable bonds is 4. The normalized spacial score (nSPS) is 13.0. The number of benzene rings is 2. The van der Waals surface area contributed by atoms with E-state index in [1.807, 2.05) is 30.3 Å². The summed E-state index contributed by atoms with van der Waals surface area (Å²) in [6.07, 6.45) is 0. The summed E-state index contributed by atoms with van der Waals surface area (Å²) in [7, 11) is 0. The van der Waals surface area contributed by atoms with Crippen molar-refractivity contribution in [3.63, 3.8) is 0 Å². The molecule has 112 valence electrons. The predicted molar refractivity (Wildman–Crippen MR) is 80.5 cm³/mol. The van der Waals surface area contributed by atoms with Crippen LogP contribution in [0.3, 0.4) is 0 Å². The van der Waals surface area contributed by atoms with E-state index in [2.05, 4.69) is 20.8 Å². The largest absolute Gasteiger partial charge is 0.493 e. The average Bonchev–Trinajstić information content (AvgIpc) is 2.37. The van der Waals surface area contributed by atoms with Gasteiger partial charge in [0, 0.05) is 24.1 Å². The van der Waals surface area contributed by atoms with Crippen molar-refractivity contribution in [1.29, 1.82) is 0 Å². The van der Waals surface area contributed by atoms with Gasteiger partial charge in [-0.05, 0) is 11.0 Å². The number of hydrogen-bond donors (Lipinski definition) is 0. The van der Waals surface area contributed by atoms with Crippen molar-refractivity contribution in [1.82, 2.24) is 0 Å². The molecule has 0 aliphatic heterocycles. The van der Waals surface area contributed by atoms with Gasteiger partial charge in [-0.3, -0.25) is 0 Å². The minimum Gasteiger partial charge on any atom is -0.493 e. The number of hydrogen-bond acceptors (Lipinski definition) is 1. The number of ether oxygens (including phenoxy) is 1. The first-order valence-corrected chi connectivity index (χ1v) is 7.00. The minimum absolute atomic E-state index is 0.0206. The molecule has 3 heteroatoms. The lowest BCUT2D eigenvalue weighted by molar-refractivity contribution is 0.202. The molecule has 0 amide bonds. The summed E-state index contributed by atoms with van der Waals surface area (Å²) in [4.78, 5) is 0. The van der Waals surface area contributed by atoms with Crippen LogP contribution in [0.5, 0.6) is 5.75 Å². The lowest BCUT2D eigenvalue weighted by Crippen LogP contribution is -2.24. The summed E-state index contributed by atoms with van der Waals surface area (Å²) >= 11 is 0. The standard InChI is InChI=1S/C18H20F2O/c1-18(2,3)17(13-7-5-4-6-8-13)12-21-16-10-14(19)9-15(20)11-16/h4-11,17H,12H2,1-3H3. The van der Waals surface area contributed by atoms with E-state index < -0.39 is 11.6 Å². The highest BCUT2D eigenvalue weighted by Crippen LogP contribution is 2.35. The van der Waals surface area contributed by atoms with Gasteiger partial charge in [0.2, 0.25) is 0 Å². The third-order valence-electron chi connectivity index (χ3n) is 3.50. The Morgan fingerprint density at radius 1 is 0.952 bits per heavy atom. The van der Waals surface area contributed by atoms with Crippen molar-refractivity contribution in [3.8, 4) is 5.75 Å². The third kappa shape index (κ3) is 4.28. The average molecular weight is 290 g/mol. The van der Waals surface area contributed by atoms with Crippen LogP contribution >= 0.6 is 0 Å². The zero-order chi connectivity index (χ0) is 15.5. The summed E-state index contributed by atoms with van der Waals surface area (Å²) in [5, 5.41) is 0. The Bertz CT molecular complexity index is 568. The van der Waals surface area contributed by atoms with E-state index in [0.717, 1.165) is 11.6 Å². The van der Waals surface area contributed by atoms with E-state index >= 15 is 0 Å². The van der Waals surface area contributed by atoms with Crippen molar-refractivity contribution >= 4 is 0 Å². The monoisotopic (exact) mass is 290 g/mol. The highest BCUT2D eigenvalue weighted by Gasteiger charge is 2.27. The SMILES string of the molecule is CC(C)(C)C(COc1cc(F)cc(F)c1)c1ccccc1. The van der Waals surface area contributed by atoms with Crippen molar-refractivity contribution in [3.05, 3.63) is 65.7 Å². The van der Waals surface area contributed by atoms with Crippen LogP contribution in [-0.2, 0) is 0 Å². The summed E-state index contributed by atoms with van der Waals surface area (Å²) in [5.74, 6) is -0.906. The molecule has 0 N–H and O–H groups in total. The second-order valence-electron chi connectivity index (χ2n) is 6.25. The molecule has 2 aromatic carbocycles. The molecule has 0 aromatic heterocycles. The van der Waals surface area contributed by atoms with Crippen molar-refractivity contribution in [2.24, 2.45) is 5.41 Å². The highest BCUT2D eigenvalue weighted by molar-refractivity contribution is 5.25. The summed E-state index contributed by atoms with van der Waals surface area (Å²) in [5.41, 5.74) is 1.13. The van der Waals surface area contributed by atoms with E-state index in [1.165, 1.54) is 12.1 Å². The molecule has 0 aliphatic rings. The molecule has 1 nitrogen and oxygen atoms in total. The van der Waals surface area contributed by atoms with Gasteiger partial charge in [0.15, 0.2) is 0 Å². The van der Waals surface area contributed by atoms with Crippen molar-refractivity contribution in [2.75, 3.05) is 6.61 Å². The zero-order valence-electron chi connectivity index (χ0n) is 12.6. The molecule has 0 saturated carbocycles. The fraction of sp³-hybridized carbons (Fsp3) is 0.333. The second-order valence-corrected chi connectivity index (χ2v) is 6.25. The first-order valence-electron chi connectivity index (χ1n) is 7.00. The van der Waals surface area contributed by atoms with Crippen molar-refractivity contribution in [2.45, 2.75) is 26.7 Å². The molecule has 0 saturated heterocycles. The summed E-state index contributed by atoms with van der Waals surface area (Å²) in [6, 6.07) is 13.3. The fourth-order valence-electron chi connectivity index (χ4n) is 2.32. The van der Waals surface area contributed by atoms with Gasteiger partial charge < -0.3 is 4.74 Å². The topological polar surface area (TPSA) is 9.23 Å². The molecule has 1 unspecified atom stereocenters. The fourth-order valence-corrected chi connectivity index (χ4v) is 2.32. The van der Waals surface area contributed by atoms with Crippen LogP contribution in [0.1, 0.15) is 32.3 Å². The van der Waals surface area contributed by atoms with Gasteiger partial charge in [-0.1, -0.05) is 51.1 Å². The molecule has 0 aliphatic carbocycles. The number of halogens is 2. The molecule has 2 aromatic rings. The van der Waals surface area contributed by atoms with E-state index in [1.54, 1.807) is 0 Å². The van der Waals surface area contributed by atoms with Gasteiger partial charge in [-0.25, -0.2) is 8.78 Å². The summed E-state index contributed by atoms with van der Waals surface area (Å²) < 4.78 is 32.0. The van der Waals surface area contributed by atoms with Gasteiger partial charge in [0.1, 0.15) is 17.4 Å². The first kappa shape index (κ1) is 15.5. The smallest absolute Gasteiger partial charge is 0.129 e. The quantitative estimate of drug-likeness (QED) is 0.754. The summed E-state index contributed by atoms with van der Waals surface area (Å²) in [6.45, 7) is 6.75. The zero-order valence-corrected chi connectivity index (χ0v) is 12.6. The first-order chi connectivity index (χ1) is 9.86. The Hall–Kier alpha value is -1.90. The van der Waals surface area contributed by atoms with Crippen LogP contribution in [0, 0.1) is 17.0 Å². The molecular weight excluding hydrogens is 270 g/mol. The molecule has 2 rings (SSSR count). The van der Waals surface area contributed by atoms with Gasteiger partial charge >= 0.3 is 0 Å². The molecule has 0 radical (unpaired) electrons. The second kappa shape index (κ2) is 6.25. The van der Waals surface area contributed by atoms with Crippen molar-refractivity contribution < 1.29 is 13.5 Å². The molecule has 0 bridgehead atoms. The Kier molecular flexibility index (Phi) is 4.61.